The van der Waals surface area contributed by atoms with E-state index in [-0.39, 0.29) is 5.56 Å². The van der Waals surface area contributed by atoms with E-state index in [1.165, 1.54) is 0 Å². The molecule has 2 rings (SSSR count). The molecule has 9 heteroatoms. The van der Waals surface area contributed by atoms with Crippen molar-refractivity contribution >= 4 is 21.4 Å². The van der Waals surface area contributed by atoms with Crippen LogP contribution in [0, 0.1) is 5.92 Å². The van der Waals surface area contributed by atoms with Gasteiger partial charge in [-0.25, -0.2) is 8.42 Å². The van der Waals surface area contributed by atoms with Crippen molar-refractivity contribution in [2.24, 2.45) is 5.92 Å². The highest BCUT2D eigenvalue weighted by Crippen LogP contribution is 2.32. The van der Waals surface area contributed by atoms with Gasteiger partial charge in [-0.3, -0.25) is 0 Å². The Bertz CT molecular complexity index is 953. The van der Waals surface area contributed by atoms with Gasteiger partial charge < -0.3 is 10.2 Å². The fourth-order valence-corrected chi connectivity index (χ4v) is 4.65. The van der Waals surface area contributed by atoms with Crippen molar-refractivity contribution in [2.75, 3.05) is 5.75 Å². The average molecular weight is 451 g/mol. The highest BCUT2D eigenvalue weighted by Gasteiger charge is 2.55. The number of alkyl halides is 3. The minimum atomic E-state index is -5.49. The lowest BCUT2D eigenvalue weighted by atomic mass is 9.94. The molecule has 0 saturated heterocycles. The Morgan fingerprint density at radius 3 is 2.14 bits per heavy atom. The molecule has 0 amide bonds. The number of sulfone groups is 1. The van der Waals surface area contributed by atoms with E-state index in [1.807, 2.05) is 13.8 Å². The summed E-state index contributed by atoms with van der Waals surface area (Å²) in [6.07, 6.45) is -4.75. The standard InChI is InChI=1S/C20H22ClF3O4S/c1-13(2)9-14-3-4-16(18(10-14)15-5-7-17(21)8-6-15)11-29(27,28)12-19(25,26)20(22,23)24/h3-8,10,13,25-26H,9,11-12H2,1-2H3. The van der Waals surface area contributed by atoms with Gasteiger partial charge in [0.05, 0.1) is 5.75 Å². The van der Waals surface area contributed by atoms with Crippen LogP contribution in [0.15, 0.2) is 42.5 Å². The van der Waals surface area contributed by atoms with Crippen LogP contribution < -0.4 is 0 Å². The minimum absolute atomic E-state index is 0.262. The minimum Gasteiger partial charge on any atom is -0.358 e. The molecule has 0 unspecified atom stereocenters. The van der Waals surface area contributed by atoms with Gasteiger partial charge in [-0.2, -0.15) is 13.2 Å². The maximum atomic E-state index is 12.7. The first-order valence-corrected chi connectivity index (χ1v) is 11.0. The summed E-state index contributed by atoms with van der Waals surface area (Å²) in [6, 6.07) is 11.7. The highest BCUT2D eigenvalue weighted by atomic mass is 35.5. The predicted molar refractivity (Wildman–Crippen MR) is 106 cm³/mol. The molecule has 0 aliphatic carbocycles. The highest BCUT2D eigenvalue weighted by molar-refractivity contribution is 7.90. The molecule has 0 spiro atoms. The summed E-state index contributed by atoms with van der Waals surface area (Å²) in [5, 5.41) is 18.8. The molecule has 0 aliphatic heterocycles. The van der Waals surface area contributed by atoms with E-state index in [0.717, 1.165) is 12.0 Å². The first-order chi connectivity index (χ1) is 13.2. The fourth-order valence-electron chi connectivity index (χ4n) is 2.92. The molecule has 2 N–H and O–H groups in total. The van der Waals surface area contributed by atoms with Gasteiger partial charge in [-0.05, 0) is 46.7 Å². The molecule has 0 bridgehead atoms. The number of halogens is 4. The third-order valence-corrected chi connectivity index (χ3v) is 6.07. The molecule has 2 aromatic carbocycles. The Balaban J connectivity index is 2.44. The van der Waals surface area contributed by atoms with Gasteiger partial charge >= 0.3 is 6.18 Å². The van der Waals surface area contributed by atoms with Crippen molar-refractivity contribution in [3.05, 3.63) is 58.6 Å². The molecule has 0 atom stereocenters. The summed E-state index contributed by atoms with van der Waals surface area (Å²) in [5.74, 6) is -6.59. The summed E-state index contributed by atoms with van der Waals surface area (Å²) in [6.45, 7) is 4.05. The summed E-state index contributed by atoms with van der Waals surface area (Å²) >= 11 is 5.90. The van der Waals surface area contributed by atoms with E-state index in [1.54, 1.807) is 42.5 Å². The van der Waals surface area contributed by atoms with E-state index in [9.17, 15) is 21.6 Å². The van der Waals surface area contributed by atoms with E-state index in [2.05, 4.69) is 0 Å². The third kappa shape index (κ3) is 6.44. The third-order valence-electron chi connectivity index (χ3n) is 4.22. The lowest BCUT2D eigenvalue weighted by molar-refractivity contribution is -0.337. The summed E-state index contributed by atoms with van der Waals surface area (Å²) in [7, 11) is -4.50. The maximum absolute atomic E-state index is 12.7. The van der Waals surface area contributed by atoms with Crippen LogP contribution in [-0.2, 0) is 22.0 Å². The van der Waals surface area contributed by atoms with Crippen LogP contribution in [0.25, 0.3) is 11.1 Å². The van der Waals surface area contributed by atoms with Crippen molar-refractivity contribution in [1.82, 2.24) is 0 Å². The quantitative estimate of drug-likeness (QED) is 0.614. The second-order valence-electron chi connectivity index (χ2n) is 7.44. The maximum Gasteiger partial charge on any atom is 0.443 e. The Morgan fingerprint density at radius 2 is 1.62 bits per heavy atom. The predicted octanol–water partition coefficient (Wildman–Crippen LogP) is 4.36. The summed E-state index contributed by atoms with van der Waals surface area (Å²) < 4.78 is 62.7. The van der Waals surface area contributed by atoms with Crippen molar-refractivity contribution in [3.63, 3.8) is 0 Å². The second-order valence-corrected chi connectivity index (χ2v) is 9.94. The summed E-state index contributed by atoms with van der Waals surface area (Å²) in [5.41, 5.74) is 2.40. The Morgan fingerprint density at radius 1 is 1.03 bits per heavy atom. The lowest BCUT2D eigenvalue weighted by Gasteiger charge is -2.24. The molecule has 2 aromatic rings. The van der Waals surface area contributed by atoms with Gasteiger partial charge in [-0.1, -0.05) is 55.8 Å². The first kappa shape index (κ1) is 23.7. The zero-order valence-corrected chi connectivity index (χ0v) is 17.4. The molecule has 0 fully saturated rings. The van der Waals surface area contributed by atoms with E-state index in [4.69, 9.17) is 21.8 Å². The molecule has 160 valence electrons. The van der Waals surface area contributed by atoms with Crippen LogP contribution >= 0.6 is 11.6 Å². The van der Waals surface area contributed by atoms with Crippen molar-refractivity contribution in [2.45, 2.75) is 38.0 Å². The van der Waals surface area contributed by atoms with E-state index >= 15 is 0 Å². The zero-order valence-electron chi connectivity index (χ0n) is 15.9. The SMILES string of the molecule is CC(C)Cc1ccc(CS(=O)(=O)CC(O)(O)C(F)(F)F)c(-c2ccc(Cl)cc2)c1. The summed E-state index contributed by atoms with van der Waals surface area (Å²) in [4.78, 5) is 0. The van der Waals surface area contributed by atoms with Crippen LogP contribution in [0.1, 0.15) is 25.0 Å². The van der Waals surface area contributed by atoms with Gasteiger partial charge in [0, 0.05) is 5.02 Å². The lowest BCUT2D eigenvalue weighted by Crippen LogP contribution is -2.50. The molecular formula is C20H22ClF3O4S. The van der Waals surface area contributed by atoms with Crippen molar-refractivity contribution in [3.8, 4) is 11.1 Å². The van der Waals surface area contributed by atoms with Gasteiger partial charge in [0.15, 0.2) is 9.84 Å². The molecule has 0 radical (unpaired) electrons. The molecular weight excluding hydrogens is 429 g/mol. The van der Waals surface area contributed by atoms with Crippen LogP contribution in [-0.4, -0.2) is 36.3 Å². The molecule has 4 nitrogen and oxygen atoms in total. The van der Waals surface area contributed by atoms with Gasteiger partial charge in [0.2, 0.25) is 0 Å². The Hall–Kier alpha value is -1.61. The normalized spacial score (nSPS) is 13.1. The van der Waals surface area contributed by atoms with Crippen LogP contribution in [0.3, 0.4) is 0 Å². The number of hydrogen-bond acceptors (Lipinski definition) is 4. The monoisotopic (exact) mass is 450 g/mol. The molecule has 0 aromatic heterocycles. The second kappa shape index (κ2) is 8.63. The van der Waals surface area contributed by atoms with Gasteiger partial charge in [-0.15, -0.1) is 0 Å². The van der Waals surface area contributed by atoms with E-state index < -0.39 is 33.3 Å². The molecule has 0 aliphatic rings. The molecule has 0 heterocycles. The van der Waals surface area contributed by atoms with Crippen LogP contribution in [0.5, 0.6) is 0 Å². The number of rotatable bonds is 7. The van der Waals surface area contributed by atoms with Crippen LogP contribution in [0.4, 0.5) is 13.2 Å². The fraction of sp³-hybridized carbons (Fsp3) is 0.400. The smallest absolute Gasteiger partial charge is 0.358 e. The van der Waals surface area contributed by atoms with Gasteiger partial charge in [0.1, 0.15) is 5.75 Å². The van der Waals surface area contributed by atoms with Crippen LogP contribution in [0.2, 0.25) is 5.02 Å². The largest absolute Gasteiger partial charge is 0.443 e. The topological polar surface area (TPSA) is 74.6 Å². The Labute approximate surface area is 172 Å². The van der Waals surface area contributed by atoms with Crippen molar-refractivity contribution < 1.29 is 31.8 Å². The number of aliphatic hydroxyl groups is 2. The zero-order chi connectivity index (χ0) is 22.0. The van der Waals surface area contributed by atoms with E-state index in [0.29, 0.717) is 22.1 Å². The first-order valence-electron chi connectivity index (χ1n) is 8.80. The Kier molecular flexibility index (Phi) is 7.05. The number of hydrogen-bond donors (Lipinski definition) is 2. The average Bonchev–Trinajstić information content (AvgIpc) is 2.54. The van der Waals surface area contributed by atoms with Gasteiger partial charge in [0.25, 0.3) is 5.79 Å². The van der Waals surface area contributed by atoms with Crippen molar-refractivity contribution in [1.29, 1.82) is 0 Å². The molecule has 0 saturated carbocycles. The number of benzene rings is 2. The molecule has 29 heavy (non-hydrogen) atoms.